The average molecular weight is 351 g/mol. The first-order valence-corrected chi connectivity index (χ1v) is 5.30. The smallest absolute Gasteiger partial charge is 0.339 e. The molecule has 0 aliphatic rings. The lowest BCUT2D eigenvalue weighted by Gasteiger charge is -2.06. The largest absolute Gasteiger partial charge is 0.478 e. The summed E-state index contributed by atoms with van der Waals surface area (Å²) in [5, 5.41) is 19.6. The number of halogens is 1. The number of hydrogen-bond acceptors (Lipinski definition) is 5. The van der Waals surface area contributed by atoms with Crippen molar-refractivity contribution in [1.82, 2.24) is 0 Å². The summed E-state index contributed by atoms with van der Waals surface area (Å²) < 4.78 is 4.95. The summed E-state index contributed by atoms with van der Waals surface area (Å²) >= 11 is 1.74. The summed E-state index contributed by atoms with van der Waals surface area (Å²) in [5.74, 6) is -2.77. The maximum absolute atomic E-state index is 10.9. The molecule has 0 saturated heterocycles. The molecule has 8 heteroatoms. The van der Waals surface area contributed by atoms with Gasteiger partial charge >= 0.3 is 17.6 Å². The Kier molecular flexibility index (Phi) is 3.99. The molecule has 1 rings (SSSR count). The summed E-state index contributed by atoms with van der Waals surface area (Å²) in [6, 6.07) is 2.32. The van der Waals surface area contributed by atoms with Crippen LogP contribution in [0.3, 0.4) is 0 Å². The summed E-state index contributed by atoms with van der Waals surface area (Å²) in [6.45, 7) is 1.04. The number of aromatic carboxylic acids is 1. The lowest BCUT2D eigenvalue weighted by atomic mass is 10.1. The van der Waals surface area contributed by atoms with Crippen LogP contribution in [0.25, 0.3) is 0 Å². The summed E-state index contributed by atoms with van der Waals surface area (Å²) in [4.78, 5) is 31.7. The quantitative estimate of drug-likeness (QED) is 0.293. The van der Waals surface area contributed by atoms with E-state index >= 15 is 0 Å². The van der Waals surface area contributed by atoms with E-state index in [1.165, 1.54) is 6.07 Å². The van der Waals surface area contributed by atoms with Gasteiger partial charge in [0.25, 0.3) is 0 Å². The molecule has 0 spiro atoms. The molecule has 0 bridgehead atoms. The molecule has 0 saturated carbocycles. The number of carbonyl (C=O) groups excluding carboxylic acids is 1. The predicted octanol–water partition coefficient (Wildman–Crippen LogP) is 1.82. The standard InChI is InChI=1S/C9H6INO6/c1-4(12)17-8-6(9(13)14)2-5(10)3-7(8)11(15)16/h2-3H,1H3,(H,13,14). The van der Waals surface area contributed by atoms with E-state index < -0.39 is 33.9 Å². The summed E-state index contributed by atoms with van der Waals surface area (Å²) in [6.07, 6.45) is 0. The van der Waals surface area contributed by atoms with Crippen molar-refractivity contribution in [2.45, 2.75) is 6.92 Å². The van der Waals surface area contributed by atoms with E-state index in [1.54, 1.807) is 22.6 Å². The Morgan fingerprint density at radius 2 is 2.06 bits per heavy atom. The third-order valence-electron chi connectivity index (χ3n) is 1.71. The molecule has 90 valence electrons. The minimum atomic E-state index is -1.40. The fourth-order valence-electron chi connectivity index (χ4n) is 1.12. The van der Waals surface area contributed by atoms with Crippen LogP contribution in [-0.4, -0.2) is 22.0 Å². The van der Waals surface area contributed by atoms with Gasteiger partial charge in [-0.15, -0.1) is 0 Å². The van der Waals surface area contributed by atoms with Gasteiger partial charge in [0.1, 0.15) is 5.56 Å². The Morgan fingerprint density at radius 1 is 1.47 bits per heavy atom. The molecule has 17 heavy (non-hydrogen) atoms. The van der Waals surface area contributed by atoms with Crippen LogP contribution in [0.5, 0.6) is 5.75 Å². The van der Waals surface area contributed by atoms with E-state index in [4.69, 9.17) is 5.11 Å². The van der Waals surface area contributed by atoms with Crippen molar-refractivity contribution in [3.05, 3.63) is 31.4 Å². The van der Waals surface area contributed by atoms with Gasteiger partial charge in [-0.25, -0.2) is 4.79 Å². The van der Waals surface area contributed by atoms with E-state index in [0.717, 1.165) is 13.0 Å². The van der Waals surface area contributed by atoms with Crippen molar-refractivity contribution in [3.8, 4) is 5.75 Å². The molecule has 0 aromatic heterocycles. The molecular formula is C9H6INO6. The van der Waals surface area contributed by atoms with Gasteiger partial charge in [0.15, 0.2) is 0 Å². The zero-order valence-electron chi connectivity index (χ0n) is 8.47. The first-order chi connectivity index (χ1) is 7.82. The number of benzene rings is 1. The van der Waals surface area contributed by atoms with Crippen molar-refractivity contribution < 1.29 is 24.4 Å². The van der Waals surface area contributed by atoms with Gasteiger partial charge in [-0.2, -0.15) is 0 Å². The van der Waals surface area contributed by atoms with Gasteiger partial charge in [0, 0.05) is 16.6 Å². The number of rotatable bonds is 3. The highest BCUT2D eigenvalue weighted by atomic mass is 127. The van der Waals surface area contributed by atoms with E-state index in [2.05, 4.69) is 4.74 Å². The summed E-state index contributed by atoms with van der Waals surface area (Å²) in [5.41, 5.74) is -0.969. The lowest BCUT2D eigenvalue weighted by Crippen LogP contribution is -2.10. The summed E-state index contributed by atoms with van der Waals surface area (Å²) in [7, 11) is 0. The molecule has 0 aliphatic heterocycles. The third-order valence-corrected chi connectivity index (χ3v) is 2.33. The third kappa shape index (κ3) is 3.12. The molecule has 0 aliphatic carbocycles. The van der Waals surface area contributed by atoms with Crippen LogP contribution < -0.4 is 4.74 Å². The maximum atomic E-state index is 10.9. The SMILES string of the molecule is CC(=O)Oc1c(C(=O)O)cc(I)cc1[N+](=O)[O-]. The number of ether oxygens (including phenoxy) is 1. The first kappa shape index (κ1) is 13.4. The molecule has 0 heterocycles. The Bertz CT molecular complexity index is 477. The van der Waals surface area contributed by atoms with Gasteiger partial charge in [-0.3, -0.25) is 14.9 Å². The van der Waals surface area contributed by atoms with Gasteiger partial charge < -0.3 is 9.84 Å². The van der Waals surface area contributed by atoms with Crippen LogP contribution in [0, 0.1) is 13.7 Å². The number of carboxylic acid groups (broad SMARTS) is 1. The number of nitrogens with zero attached hydrogens (tertiary/aromatic N) is 1. The second kappa shape index (κ2) is 5.08. The number of nitro benzene ring substituents is 1. The molecular weight excluding hydrogens is 345 g/mol. The topological polar surface area (TPSA) is 107 Å². The van der Waals surface area contributed by atoms with Crippen molar-refractivity contribution in [2.24, 2.45) is 0 Å². The van der Waals surface area contributed by atoms with Gasteiger partial charge in [-0.1, -0.05) is 0 Å². The molecule has 0 radical (unpaired) electrons. The Morgan fingerprint density at radius 3 is 2.47 bits per heavy atom. The van der Waals surface area contributed by atoms with Gasteiger partial charge in [0.2, 0.25) is 5.75 Å². The number of carbonyl (C=O) groups is 2. The minimum Gasteiger partial charge on any atom is -0.478 e. The van der Waals surface area contributed by atoms with Crippen molar-refractivity contribution in [2.75, 3.05) is 0 Å². The van der Waals surface area contributed by atoms with Gasteiger partial charge in [0.05, 0.1) is 4.92 Å². The highest BCUT2D eigenvalue weighted by Gasteiger charge is 2.25. The van der Waals surface area contributed by atoms with Crippen LogP contribution in [0.2, 0.25) is 0 Å². The Balaban J connectivity index is 3.52. The lowest BCUT2D eigenvalue weighted by molar-refractivity contribution is -0.385. The van der Waals surface area contributed by atoms with E-state index in [9.17, 15) is 19.7 Å². The van der Waals surface area contributed by atoms with E-state index in [1.807, 2.05) is 0 Å². The fourth-order valence-corrected chi connectivity index (χ4v) is 1.73. The monoisotopic (exact) mass is 351 g/mol. The van der Waals surface area contributed by atoms with Crippen LogP contribution in [-0.2, 0) is 4.79 Å². The van der Waals surface area contributed by atoms with Gasteiger partial charge in [-0.05, 0) is 28.7 Å². The van der Waals surface area contributed by atoms with Crippen molar-refractivity contribution in [1.29, 1.82) is 0 Å². The molecule has 0 unspecified atom stereocenters. The Labute approximate surface area is 109 Å². The molecule has 7 nitrogen and oxygen atoms in total. The number of hydrogen-bond donors (Lipinski definition) is 1. The van der Waals surface area contributed by atoms with Crippen molar-refractivity contribution in [3.63, 3.8) is 0 Å². The van der Waals surface area contributed by atoms with Crippen LogP contribution in [0.4, 0.5) is 5.69 Å². The van der Waals surface area contributed by atoms with Crippen LogP contribution in [0.15, 0.2) is 12.1 Å². The molecule has 0 atom stereocenters. The zero-order valence-corrected chi connectivity index (χ0v) is 10.6. The van der Waals surface area contributed by atoms with Crippen LogP contribution in [0.1, 0.15) is 17.3 Å². The second-order valence-electron chi connectivity index (χ2n) is 2.96. The van der Waals surface area contributed by atoms with E-state index in [-0.39, 0.29) is 0 Å². The van der Waals surface area contributed by atoms with Crippen molar-refractivity contribution >= 4 is 40.2 Å². The fraction of sp³-hybridized carbons (Fsp3) is 0.111. The minimum absolute atomic E-state index is 0.364. The normalized spacial score (nSPS) is 9.76. The second-order valence-corrected chi connectivity index (χ2v) is 4.20. The highest BCUT2D eigenvalue weighted by molar-refractivity contribution is 14.1. The average Bonchev–Trinajstić information content (AvgIpc) is 2.18. The Hall–Kier alpha value is -1.71. The zero-order chi connectivity index (χ0) is 13.2. The highest BCUT2D eigenvalue weighted by Crippen LogP contribution is 2.33. The molecule has 0 amide bonds. The maximum Gasteiger partial charge on any atom is 0.339 e. The van der Waals surface area contributed by atoms with Crippen LogP contribution >= 0.6 is 22.6 Å². The molecule has 1 aromatic rings. The number of nitro groups is 1. The molecule has 1 N–H and O–H groups in total. The number of esters is 1. The first-order valence-electron chi connectivity index (χ1n) is 4.22. The number of carboxylic acids is 1. The predicted molar refractivity (Wildman–Crippen MR) is 64.1 cm³/mol. The molecule has 1 aromatic carbocycles. The van der Waals surface area contributed by atoms with E-state index in [0.29, 0.717) is 3.57 Å². The molecule has 0 fully saturated rings.